The van der Waals surface area contributed by atoms with Crippen molar-refractivity contribution in [3.63, 3.8) is 0 Å². The summed E-state index contributed by atoms with van der Waals surface area (Å²) >= 11 is 12.4. The van der Waals surface area contributed by atoms with Crippen LogP contribution in [0.1, 0.15) is 21.6 Å². The molecule has 1 heterocycles. The number of hydrazone groups is 1. The molecule has 0 saturated heterocycles. The Kier molecular flexibility index (Phi) is 5.25. The number of phenols is 1. The zero-order valence-electron chi connectivity index (χ0n) is 13.6. The molecule has 3 rings (SSSR count). The number of aromatic hydroxyl groups is 1. The van der Waals surface area contributed by atoms with Gasteiger partial charge in [0, 0.05) is 5.02 Å². The number of halogens is 2. The van der Waals surface area contributed by atoms with Crippen molar-refractivity contribution >= 4 is 35.3 Å². The Morgan fingerprint density at radius 1 is 1.23 bits per heavy atom. The highest BCUT2D eigenvalue weighted by Crippen LogP contribution is 2.23. The molecule has 2 aromatic carbocycles. The van der Waals surface area contributed by atoms with Crippen LogP contribution in [0.2, 0.25) is 10.2 Å². The second-order valence-electron chi connectivity index (χ2n) is 5.40. The van der Waals surface area contributed by atoms with Gasteiger partial charge in [-0.3, -0.25) is 4.79 Å². The lowest BCUT2D eigenvalue weighted by Gasteiger charge is -2.03. The van der Waals surface area contributed by atoms with Crippen molar-refractivity contribution in [2.75, 3.05) is 0 Å². The maximum absolute atomic E-state index is 12.0. The summed E-state index contributed by atoms with van der Waals surface area (Å²) < 4.78 is 1.54. The summed E-state index contributed by atoms with van der Waals surface area (Å²) in [5.74, 6) is -0.654. The van der Waals surface area contributed by atoms with Crippen molar-refractivity contribution in [3.05, 3.63) is 75.5 Å². The lowest BCUT2D eigenvalue weighted by Crippen LogP contribution is -2.17. The maximum Gasteiger partial charge on any atom is 0.275 e. The number of rotatable bonds is 4. The quantitative estimate of drug-likeness (QED) is 0.524. The maximum atomic E-state index is 12.0. The van der Waals surface area contributed by atoms with E-state index in [1.54, 1.807) is 37.3 Å². The zero-order valence-corrected chi connectivity index (χ0v) is 15.2. The van der Waals surface area contributed by atoms with Gasteiger partial charge >= 0.3 is 0 Å². The number of carbonyl (C=O) groups is 1. The number of benzene rings is 2. The van der Waals surface area contributed by atoms with E-state index in [1.165, 1.54) is 23.0 Å². The molecule has 0 bridgehead atoms. The average Bonchev–Trinajstić information content (AvgIpc) is 2.90. The molecule has 0 atom stereocenters. The van der Waals surface area contributed by atoms with Crippen LogP contribution in [0.4, 0.5) is 0 Å². The van der Waals surface area contributed by atoms with Crippen LogP contribution in [0.15, 0.2) is 53.6 Å². The van der Waals surface area contributed by atoms with Gasteiger partial charge in [-0.15, -0.1) is 0 Å². The zero-order chi connectivity index (χ0) is 18.7. The van der Waals surface area contributed by atoms with Crippen LogP contribution in [0.25, 0.3) is 5.69 Å². The Balaban J connectivity index is 1.81. The Bertz CT molecular complexity index is 999. The van der Waals surface area contributed by atoms with Crippen LogP contribution >= 0.6 is 23.2 Å². The van der Waals surface area contributed by atoms with E-state index >= 15 is 0 Å². The summed E-state index contributed by atoms with van der Waals surface area (Å²) in [5.41, 5.74) is 4.39. The van der Waals surface area contributed by atoms with E-state index in [4.69, 9.17) is 23.2 Å². The minimum atomic E-state index is -0.532. The van der Waals surface area contributed by atoms with E-state index in [1.807, 2.05) is 6.07 Å². The van der Waals surface area contributed by atoms with Gasteiger partial charge in [0.2, 0.25) is 0 Å². The molecule has 0 aliphatic carbocycles. The number of nitrogens with zero attached hydrogens (tertiary/aromatic N) is 3. The average molecular weight is 389 g/mol. The fourth-order valence-electron chi connectivity index (χ4n) is 2.32. The minimum absolute atomic E-state index is 0.122. The van der Waals surface area contributed by atoms with Crippen molar-refractivity contribution in [3.8, 4) is 11.4 Å². The van der Waals surface area contributed by atoms with Crippen molar-refractivity contribution in [1.29, 1.82) is 0 Å². The van der Waals surface area contributed by atoms with E-state index < -0.39 is 5.91 Å². The molecule has 0 spiro atoms. The topological polar surface area (TPSA) is 79.5 Å². The van der Waals surface area contributed by atoms with E-state index in [9.17, 15) is 9.90 Å². The summed E-state index contributed by atoms with van der Waals surface area (Å²) in [6.07, 6.45) is 1.41. The number of hydrogen-bond acceptors (Lipinski definition) is 4. The predicted octanol–water partition coefficient (Wildman–Crippen LogP) is 3.96. The van der Waals surface area contributed by atoms with Gasteiger partial charge in [0.1, 0.15) is 10.9 Å². The van der Waals surface area contributed by atoms with Gasteiger partial charge < -0.3 is 5.11 Å². The van der Waals surface area contributed by atoms with Gasteiger partial charge in [0.05, 0.1) is 28.7 Å². The van der Waals surface area contributed by atoms with Gasteiger partial charge in [0.25, 0.3) is 5.91 Å². The molecule has 6 nitrogen and oxygen atoms in total. The number of hydrogen-bond donors (Lipinski definition) is 2. The van der Waals surface area contributed by atoms with E-state index in [0.29, 0.717) is 27.1 Å². The van der Waals surface area contributed by atoms with Crippen LogP contribution in [0, 0.1) is 6.92 Å². The molecule has 0 unspecified atom stereocenters. The third kappa shape index (κ3) is 3.71. The Hall–Kier alpha value is -2.83. The fraction of sp³-hybridized carbons (Fsp3) is 0.0556. The van der Waals surface area contributed by atoms with Crippen LogP contribution in [-0.2, 0) is 0 Å². The molecule has 1 amide bonds. The molecule has 2 N–H and O–H groups in total. The normalized spacial score (nSPS) is 11.0. The predicted molar refractivity (Wildman–Crippen MR) is 101 cm³/mol. The first kappa shape index (κ1) is 18.0. The monoisotopic (exact) mass is 388 g/mol. The molecule has 3 aromatic rings. The summed E-state index contributed by atoms with van der Waals surface area (Å²) in [7, 11) is 0. The molecule has 0 radical (unpaired) electrons. The smallest absolute Gasteiger partial charge is 0.275 e. The van der Waals surface area contributed by atoms with Crippen molar-refractivity contribution < 1.29 is 9.90 Å². The fourth-order valence-corrected chi connectivity index (χ4v) is 2.82. The second-order valence-corrected chi connectivity index (χ2v) is 6.19. The molecule has 0 aliphatic rings. The molecule has 8 heteroatoms. The van der Waals surface area contributed by atoms with Gasteiger partial charge in [-0.25, -0.2) is 10.1 Å². The third-order valence-corrected chi connectivity index (χ3v) is 4.21. The first-order chi connectivity index (χ1) is 12.5. The van der Waals surface area contributed by atoms with Crippen LogP contribution < -0.4 is 5.43 Å². The van der Waals surface area contributed by atoms with Crippen LogP contribution in [0.5, 0.6) is 5.75 Å². The number of carbonyl (C=O) groups excluding carboxylic acids is 1. The Labute approximate surface area is 159 Å². The minimum Gasteiger partial charge on any atom is -0.507 e. The van der Waals surface area contributed by atoms with E-state index in [0.717, 1.165) is 0 Å². The molecule has 0 aliphatic heterocycles. The van der Waals surface area contributed by atoms with Gasteiger partial charge in [-0.05, 0) is 37.3 Å². The molecular weight excluding hydrogens is 375 g/mol. The number of nitrogens with one attached hydrogen (secondary N) is 1. The highest BCUT2D eigenvalue weighted by atomic mass is 35.5. The second kappa shape index (κ2) is 7.59. The molecular formula is C18H14Cl2N4O2. The van der Waals surface area contributed by atoms with E-state index in [-0.39, 0.29) is 11.3 Å². The molecule has 26 heavy (non-hydrogen) atoms. The van der Waals surface area contributed by atoms with Crippen molar-refractivity contribution in [2.24, 2.45) is 5.10 Å². The van der Waals surface area contributed by atoms with Crippen molar-refractivity contribution in [2.45, 2.75) is 6.92 Å². The van der Waals surface area contributed by atoms with Gasteiger partial charge in [-0.1, -0.05) is 41.4 Å². The standard InChI is InChI=1S/C18H14Cl2N4O2/c1-11-15(10-21-22-18(26)14-7-2-3-8-16(14)25)17(20)24(23-11)13-6-4-5-12(19)9-13/h2-10,25H,1H3,(H,22,26)/b21-10-. The lowest BCUT2D eigenvalue weighted by molar-refractivity contribution is 0.0952. The number of aryl methyl sites for hydroxylation is 1. The summed E-state index contributed by atoms with van der Waals surface area (Å²) in [6, 6.07) is 13.3. The Morgan fingerprint density at radius 2 is 2.00 bits per heavy atom. The van der Waals surface area contributed by atoms with Gasteiger partial charge in [-0.2, -0.15) is 10.2 Å². The van der Waals surface area contributed by atoms with Crippen LogP contribution in [0.3, 0.4) is 0 Å². The number of para-hydroxylation sites is 1. The summed E-state index contributed by atoms with van der Waals surface area (Å²) in [4.78, 5) is 12.0. The Morgan fingerprint density at radius 3 is 2.73 bits per heavy atom. The summed E-state index contributed by atoms with van der Waals surface area (Å²) in [5, 5.41) is 18.9. The number of phenolic OH excluding ortho intramolecular Hbond substituents is 1. The highest BCUT2D eigenvalue weighted by molar-refractivity contribution is 6.32. The molecule has 0 fully saturated rings. The van der Waals surface area contributed by atoms with E-state index in [2.05, 4.69) is 15.6 Å². The SMILES string of the molecule is Cc1nn(-c2cccc(Cl)c2)c(Cl)c1/C=N\NC(=O)c1ccccc1O. The first-order valence-electron chi connectivity index (χ1n) is 7.60. The van der Waals surface area contributed by atoms with Crippen LogP contribution in [-0.4, -0.2) is 27.0 Å². The third-order valence-electron chi connectivity index (χ3n) is 3.61. The number of aromatic nitrogens is 2. The molecule has 132 valence electrons. The highest BCUT2D eigenvalue weighted by Gasteiger charge is 2.14. The number of amides is 1. The largest absolute Gasteiger partial charge is 0.507 e. The van der Waals surface area contributed by atoms with Crippen molar-refractivity contribution in [1.82, 2.24) is 15.2 Å². The molecule has 1 aromatic heterocycles. The first-order valence-corrected chi connectivity index (χ1v) is 8.35. The van der Waals surface area contributed by atoms with Gasteiger partial charge in [0.15, 0.2) is 0 Å². The summed E-state index contributed by atoms with van der Waals surface area (Å²) in [6.45, 7) is 1.78. The molecule has 0 saturated carbocycles. The lowest BCUT2D eigenvalue weighted by atomic mass is 10.2.